The fourth-order valence-electron chi connectivity index (χ4n) is 3.92. The maximum atomic E-state index is 12.6. The number of ether oxygens (including phenoxy) is 1. The van der Waals surface area contributed by atoms with E-state index < -0.39 is 10.0 Å². The number of carbonyl (C=O) groups excluding carboxylic acids is 1. The Morgan fingerprint density at radius 1 is 0.897 bits per heavy atom. The van der Waals surface area contributed by atoms with E-state index in [1.165, 1.54) is 36.0 Å². The number of nitrogens with one attached hydrogen (secondary N) is 1. The zero-order chi connectivity index (χ0) is 27.2. The molecule has 1 amide bonds. The molecule has 0 atom stereocenters. The van der Waals surface area contributed by atoms with Gasteiger partial charge in [0.15, 0.2) is 11.0 Å². The number of rotatable bonds is 10. The third kappa shape index (κ3) is 6.82. The molecule has 1 aromatic heterocycles. The van der Waals surface area contributed by atoms with E-state index >= 15 is 0 Å². The predicted molar refractivity (Wildman–Crippen MR) is 151 cm³/mol. The van der Waals surface area contributed by atoms with Crippen molar-refractivity contribution in [2.24, 2.45) is 5.14 Å². The van der Waals surface area contributed by atoms with E-state index in [1.54, 1.807) is 0 Å². The first-order chi connectivity index (χ1) is 18.8. The van der Waals surface area contributed by atoms with Crippen molar-refractivity contribution in [3.8, 4) is 5.75 Å². The summed E-state index contributed by atoms with van der Waals surface area (Å²) in [6.45, 7) is 0.727. The topological polar surface area (TPSA) is 129 Å². The fourth-order valence-corrected chi connectivity index (χ4v) is 5.19. The number of anilines is 1. The Morgan fingerprint density at radius 3 is 2.36 bits per heavy atom. The number of benzene rings is 4. The smallest absolute Gasteiger partial charge is 0.238 e. The molecule has 0 aliphatic heterocycles. The molecule has 198 valence electrons. The number of fused-ring (bicyclic) bond motifs is 1. The van der Waals surface area contributed by atoms with Crippen LogP contribution in [0.15, 0.2) is 107 Å². The van der Waals surface area contributed by atoms with E-state index in [9.17, 15) is 13.2 Å². The average molecular weight is 560 g/mol. The molecule has 0 unspecified atom stereocenters. The SMILES string of the molecule is NS(=O)(=O)c1ccc(NC(=O)CSc2nnc(COc3ccc4ccccc4c3)n2Cc2ccccc2)cc1. The minimum Gasteiger partial charge on any atom is -0.486 e. The molecule has 0 saturated carbocycles. The Hall–Kier alpha value is -4.19. The van der Waals surface area contributed by atoms with Crippen molar-refractivity contribution in [3.05, 3.63) is 108 Å². The quantitative estimate of drug-likeness (QED) is 0.242. The van der Waals surface area contributed by atoms with Crippen LogP contribution in [0.5, 0.6) is 5.75 Å². The number of thioether (sulfide) groups is 1. The second-order valence-electron chi connectivity index (χ2n) is 8.67. The Labute approximate surface area is 230 Å². The second kappa shape index (κ2) is 11.7. The van der Waals surface area contributed by atoms with Crippen LogP contribution in [-0.4, -0.2) is 34.8 Å². The summed E-state index contributed by atoms with van der Waals surface area (Å²) < 4.78 is 30.9. The molecule has 4 aromatic carbocycles. The van der Waals surface area contributed by atoms with Crippen LogP contribution in [0.25, 0.3) is 10.8 Å². The standard InChI is InChI=1S/C28H25N5O4S2/c29-39(35,36)25-14-11-23(12-15-25)30-27(34)19-38-28-32-31-26(33(28)17-20-6-2-1-3-7-20)18-37-24-13-10-21-8-4-5-9-22(21)16-24/h1-16H,17-19H2,(H,30,34)(H2,29,35,36). The van der Waals surface area contributed by atoms with E-state index in [1.807, 2.05) is 71.3 Å². The number of nitrogens with two attached hydrogens (primary N) is 1. The van der Waals surface area contributed by atoms with Gasteiger partial charge in [0.2, 0.25) is 15.9 Å². The molecule has 0 aliphatic carbocycles. The predicted octanol–water partition coefficient (Wildman–Crippen LogP) is 4.44. The summed E-state index contributed by atoms with van der Waals surface area (Å²) >= 11 is 1.25. The molecule has 0 bridgehead atoms. The monoisotopic (exact) mass is 559 g/mol. The van der Waals surface area contributed by atoms with Crippen LogP contribution in [0.2, 0.25) is 0 Å². The van der Waals surface area contributed by atoms with Gasteiger partial charge >= 0.3 is 0 Å². The molecule has 5 aromatic rings. The highest BCUT2D eigenvalue weighted by atomic mass is 32.2. The van der Waals surface area contributed by atoms with Gasteiger partial charge in [0.1, 0.15) is 12.4 Å². The van der Waals surface area contributed by atoms with Crippen LogP contribution >= 0.6 is 11.8 Å². The van der Waals surface area contributed by atoms with E-state index in [4.69, 9.17) is 9.88 Å². The summed E-state index contributed by atoms with van der Waals surface area (Å²) in [5, 5.41) is 19.4. The van der Waals surface area contributed by atoms with Gasteiger partial charge in [-0.05, 0) is 52.7 Å². The molecule has 0 spiro atoms. The molecule has 1 heterocycles. The summed E-state index contributed by atoms with van der Waals surface area (Å²) in [6.07, 6.45) is 0. The fraction of sp³-hybridized carbons (Fsp3) is 0.107. The third-order valence-corrected chi connectivity index (χ3v) is 7.76. The van der Waals surface area contributed by atoms with Crippen molar-refractivity contribution in [1.29, 1.82) is 0 Å². The Morgan fingerprint density at radius 2 is 1.62 bits per heavy atom. The minimum absolute atomic E-state index is 0.0256. The first-order valence-corrected chi connectivity index (χ1v) is 14.5. The zero-order valence-electron chi connectivity index (χ0n) is 20.7. The van der Waals surface area contributed by atoms with Gasteiger partial charge in [0, 0.05) is 5.69 Å². The third-order valence-electron chi connectivity index (χ3n) is 5.86. The summed E-state index contributed by atoms with van der Waals surface area (Å²) in [4.78, 5) is 12.6. The summed E-state index contributed by atoms with van der Waals surface area (Å²) in [6, 6.07) is 29.6. The number of carbonyl (C=O) groups is 1. The summed E-state index contributed by atoms with van der Waals surface area (Å²) in [5.41, 5.74) is 1.52. The molecule has 5 rings (SSSR count). The van der Waals surface area contributed by atoms with Crippen LogP contribution in [0.1, 0.15) is 11.4 Å². The molecule has 0 aliphatic rings. The molecular formula is C28H25N5O4S2. The number of hydrogen-bond acceptors (Lipinski definition) is 7. The van der Waals surface area contributed by atoms with Gasteiger partial charge in [-0.1, -0.05) is 72.4 Å². The normalized spacial score (nSPS) is 11.4. The Balaban J connectivity index is 1.28. The second-order valence-corrected chi connectivity index (χ2v) is 11.2. The number of nitrogens with zero attached hydrogens (tertiary/aromatic N) is 3. The number of primary sulfonamides is 1. The van der Waals surface area contributed by atoms with Crippen LogP contribution < -0.4 is 15.2 Å². The van der Waals surface area contributed by atoms with Crippen LogP contribution in [0.4, 0.5) is 5.69 Å². The number of aromatic nitrogens is 3. The van der Waals surface area contributed by atoms with Gasteiger partial charge in [0.25, 0.3) is 0 Å². The van der Waals surface area contributed by atoms with E-state index in [2.05, 4.69) is 21.6 Å². The molecule has 0 fully saturated rings. The van der Waals surface area contributed by atoms with Gasteiger partial charge in [-0.3, -0.25) is 9.36 Å². The van der Waals surface area contributed by atoms with E-state index in [-0.39, 0.29) is 23.2 Å². The first kappa shape index (κ1) is 26.4. The van der Waals surface area contributed by atoms with Crippen LogP contribution in [-0.2, 0) is 28.0 Å². The van der Waals surface area contributed by atoms with Crippen LogP contribution in [0, 0.1) is 0 Å². The van der Waals surface area contributed by atoms with Crippen molar-refractivity contribution in [3.63, 3.8) is 0 Å². The lowest BCUT2D eigenvalue weighted by atomic mass is 10.1. The van der Waals surface area contributed by atoms with Crippen molar-refractivity contribution in [2.45, 2.75) is 23.2 Å². The lowest BCUT2D eigenvalue weighted by Crippen LogP contribution is -2.16. The molecule has 0 radical (unpaired) electrons. The molecule has 9 nitrogen and oxygen atoms in total. The summed E-state index contributed by atoms with van der Waals surface area (Å²) in [5.74, 6) is 1.17. The molecule has 0 saturated heterocycles. The zero-order valence-corrected chi connectivity index (χ0v) is 22.4. The van der Waals surface area contributed by atoms with E-state index in [0.29, 0.717) is 23.2 Å². The van der Waals surface area contributed by atoms with E-state index in [0.717, 1.165) is 22.1 Å². The van der Waals surface area contributed by atoms with Crippen LogP contribution in [0.3, 0.4) is 0 Å². The Kier molecular flexibility index (Phi) is 7.92. The van der Waals surface area contributed by atoms with Crippen molar-refractivity contribution < 1.29 is 17.9 Å². The molecule has 3 N–H and O–H groups in total. The number of hydrogen-bond donors (Lipinski definition) is 2. The molecule has 11 heteroatoms. The van der Waals surface area contributed by atoms with Gasteiger partial charge in [-0.15, -0.1) is 10.2 Å². The summed E-state index contributed by atoms with van der Waals surface area (Å²) in [7, 11) is -3.80. The lowest BCUT2D eigenvalue weighted by Gasteiger charge is -2.12. The van der Waals surface area contributed by atoms with Crippen molar-refractivity contribution in [2.75, 3.05) is 11.1 Å². The average Bonchev–Trinajstić information content (AvgIpc) is 3.32. The molecule has 39 heavy (non-hydrogen) atoms. The highest BCUT2D eigenvalue weighted by Crippen LogP contribution is 2.23. The number of amides is 1. The van der Waals surface area contributed by atoms with Crippen molar-refractivity contribution in [1.82, 2.24) is 14.8 Å². The highest BCUT2D eigenvalue weighted by molar-refractivity contribution is 7.99. The maximum Gasteiger partial charge on any atom is 0.238 e. The largest absolute Gasteiger partial charge is 0.486 e. The lowest BCUT2D eigenvalue weighted by molar-refractivity contribution is -0.113. The Bertz CT molecular complexity index is 1710. The molecular weight excluding hydrogens is 534 g/mol. The van der Waals surface area contributed by atoms with Gasteiger partial charge < -0.3 is 10.1 Å². The van der Waals surface area contributed by atoms with Gasteiger partial charge in [-0.2, -0.15) is 0 Å². The minimum atomic E-state index is -3.80. The highest BCUT2D eigenvalue weighted by Gasteiger charge is 2.16. The number of sulfonamides is 1. The first-order valence-electron chi connectivity index (χ1n) is 12.0. The van der Waals surface area contributed by atoms with Crippen molar-refractivity contribution >= 4 is 44.2 Å². The van der Waals surface area contributed by atoms with Gasteiger partial charge in [-0.25, -0.2) is 13.6 Å². The van der Waals surface area contributed by atoms with Gasteiger partial charge in [0.05, 0.1) is 17.2 Å². The maximum absolute atomic E-state index is 12.6.